The zero-order valence-electron chi connectivity index (χ0n) is 9.86. The van der Waals surface area contributed by atoms with Crippen molar-refractivity contribution >= 4 is 11.8 Å². The summed E-state index contributed by atoms with van der Waals surface area (Å²) >= 11 is 1.90. The first-order valence-electron chi connectivity index (χ1n) is 6.11. The predicted molar refractivity (Wildman–Crippen MR) is 71.1 cm³/mol. The van der Waals surface area contributed by atoms with E-state index in [1.807, 2.05) is 11.8 Å². The van der Waals surface area contributed by atoms with Gasteiger partial charge in [0.25, 0.3) is 0 Å². The predicted octanol–water partition coefficient (Wildman–Crippen LogP) is 3.22. The van der Waals surface area contributed by atoms with Crippen molar-refractivity contribution in [3.63, 3.8) is 0 Å². The van der Waals surface area contributed by atoms with Crippen molar-refractivity contribution in [3.8, 4) is 0 Å². The van der Waals surface area contributed by atoms with Crippen LogP contribution in [0.3, 0.4) is 0 Å². The molecule has 0 aromatic heterocycles. The van der Waals surface area contributed by atoms with E-state index in [1.54, 1.807) is 5.56 Å². The monoisotopic (exact) mass is 236 g/mol. The zero-order valence-corrected chi connectivity index (χ0v) is 10.7. The first kappa shape index (κ1) is 12.0. The van der Waals surface area contributed by atoms with E-state index in [2.05, 4.69) is 31.2 Å². The highest BCUT2D eigenvalue weighted by Gasteiger charge is 2.20. The maximum atomic E-state index is 9.04. The van der Waals surface area contributed by atoms with Gasteiger partial charge in [-0.1, -0.05) is 31.2 Å². The minimum Gasteiger partial charge on any atom is -0.395 e. The number of hydrogen-bond donors (Lipinski definition) is 1. The Morgan fingerprint density at radius 1 is 1.44 bits per heavy atom. The minimum atomic E-state index is 0.291. The van der Waals surface area contributed by atoms with Gasteiger partial charge < -0.3 is 5.11 Å². The van der Waals surface area contributed by atoms with Gasteiger partial charge in [0, 0.05) is 11.0 Å². The Labute approximate surface area is 102 Å². The van der Waals surface area contributed by atoms with Crippen LogP contribution in [0.4, 0.5) is 0 Å². The molecule has 1 aromatic rings. The molecule has 1 aliphatic rings. The van der Waals surface area contributed by atoms with Gasteiger partial charge in [0.15, 0.2) is 0 Å². The molecule has 0 heterocycles. The Hall–Kier alpha value is -0.470. The summed E-state index contributed by atoms with van der Waals surface area (Å²) in [4.78, 5) is 0. The molecule has 0 radical (unpaired) electrons. The van der Waals surface area contributed by atoms with E-state index in [4.69, 9.17) is 5.11 Å². The van der Waals surface area contributed by atoms with Crippen molar-refractivity contribution < 1.29 is 5.11 Å². The topological polar surface area (TPSA) is 20.2 Å². The van der Waals surface area contributed by atoms with Crippen LogP contribution in [0, 0.1) is 0 Å². The number of aliphatic hydroxyl groups excluding tert-OH is 1. The molecule has 1 aliphatic carbocycles. The lowest BCUT2D eigenvalue weighted by Gasteiger charge is -2.26. The summed E-state index contributed by atoms with van der Waals surface area (Å²) in [6.45, 7) is 2.39. The second-order valence-corrected chi connectivity index (χ2v) is 6.09. The van der Waals surface area contributed by atoms with Crippen LogP contribution in [0.15, 0.2) is 24.3 Å². The number of aryl methyl sites for hydroxylation is 1. The Kier molecular flexibility index (Phi) is 4.30. The lowest BCUT2D eigenvalue weighted by atomic mass is 9.84. The van der Waals surface area contributed by atoms with E-state index in [1.165, 1.54) is 24.8 Å². The Morgan fingerprint density at radius 2 is 2.25 bits per heavy atom. The summed E-state index contributed by atoms with van der Waals surface area (Å²) in [5.41, 5.74) is 3.09. The van der Waals surface area contributed by atoms with Crippen molar-refractivity contribution in [1.82, 2.24) is 0 Å². The number of benzene rings is 1. The molecule has 2 heteroatoms. The second-order valence-electron chi connectivity index (χ2n) is 4.61. The molecule has 0 saturated heterocycles. The smallest absolute Gasteiger partial charge is 0.0547 e. The first-order chi connectivity index (χ1) is 7.81. The molecule has 2 rings (SSSR count). The third kappa shape index (κ3) is 2.80. The minimum absolute atomic E-state index is 0.291. The third-order valence-electron chi connectivity index (χ3n) is 3.33. The van der Waals surface area contributed by atoms with Gasteiger partial charge in [-0.2, -0.15) is 11.8 Å². The molecule has 0 spiro atoms. The van der Waals surface area contributed by atoms with E-state index in [-0.39, 0.29) is 0 Å². The Balaban J connectivity index is 2.01. The first-order valence-corrected chi connectivity index (χ1v) is 7.16. The average molecular weight is 236 g/mol. The summed E-state index contributed by atoms with van der Waals surface area (Å²) in [6.07, 6.45) is 3.87. The summed E-state index contributed by atoms with van der Waals surface area (Å²) in [5.74, 6) is 1.85. The zero-order chi connectivity index (χ0) is 11.4. The van der Waals surface area contributed by atoms with Gasteiger partial charge >= 0.3 is 0 Å². The van der Waals surface area contributed by atoms with Gasteiger partial charge in [-0.05, 0) is 36.3 Å². The molecule has 2 atom stereocenters. The lowest BCUT2D eigenvalue weighted by Crippen LogP contribution is -2.14. The van der Waals surface area contributed by atoms with Gasteiger partial charge in [-0.25, -0.2) is 0 Å². The van der Waals surface area contributed by atoms with Crippen LogP contribution in [-0.4, -0.2) is 22.7 Å². The summed E-state index contributed by atoms with van der Waals surface area (Å²) in [5, 5.41) is 9.41. The number of thioether (sulfide) groups is 1. The molecule has 2 unspecified atom stereocenters. The van der Waals surface area contributed by atoms with Gasteiger partial charge in [-0.15, -0.1) is 0 Å². The van der Waals surface area contributed by atoms with Gasteiger partial charge in [0.2, 0.25) is 0 Å². The van der Waals surface area contributed by atoms with Crippen molar-refractivity contribution in [2.24, 2.45) is 0 Å². The fourth-order valence-corrected chi connectivity index (χ4v) is 3.37. The molecule has 0 amide bonds. The van der Waals surface area contributed by atoms with Crippen molar-refractivity contribution in [3.05, 3.63) is 35.4 Å². The fraction of sp³-hybridized carbons (Fsp3) is 0.571. The van der Waals surface area contributed by atoms with Crippen molar-refractivity contribution in [2.75, 3.05) is 12.4 Å². The fourth-order valence-electron chi connectivity index (χ4n) is 2.36. The normalized spacial score (nSPS) is 21.5. The summed E-state index contributed by atoms with van der Waals surface area (Å²) in [6, 6.07) is 8.84. The average Bonchev–Trinajstić information content (AvgIpc) is 2.35. The molecule has 1 N–H and O–H groups in total. The second kappa shape index (κ2) is 5.74. The highest BCUT2D eigenvalue weighted by molar-refractivity contribution is 7.99. The van der Waals surface area contributed by atoms with Crippen LogP contribution in [0.25, 0.3) is 0 Å². The molecule has 0 fully saturated rings. The molecule has 16 heavy (non-hydrogen) atoms. The van der Waals surface area contributed by atoms with Crippen LogP contribution in [0.5, 0.6) is 0 Å². The van der Waals surface area contributed by atoms with E-state index in [9.17, 15) is 0 Å². The lowest BCUT2D eigenvalue weighted by molar-refractivity contribution is 0.300. The molecule has 0 aliphatic heterocycles. The SMILES string of the molecule is CC(CO)SCC1CCCc2ccccc21. The molecular weight excluding hydrogens is 216 g/mol. The summed E-state index contributed by atoms with van der Waals surface area (Å²) in [7, 11) is 0. The Bertz CT molecular complexity index is 337. The van der Waals surface area contributed by atoms with E-state index < -0.39 is 0 Å². The van der Waals surface area contributed by atoms with Crippen molar-refractivity contribution in [1.29, 1.82) is 0 Å². The van der Waals surface area contributed by atoms with E-state index >= 15 is 0 Å². The number of rotatable bonds is 4. The highest BCUT2D eigenvalue weighted by Crippen LogP contribution is 2.34. The summed E-state index contributed by atoms with van der Waals surface area (Å²) < 4.78 is 0. The van der Waals surface area contributed by atoms with Crippen molar-refractivity contribution in [2.45, 2.75) is 37.4 Å². The van der Waals surface area contributed by atoms with Gasteiger partial charge in [0.05, 0.1) is 6.61 Å². The maximum Gasteiger partial charge on any atom is 0.0547 e. The molecule has 0 bridgehead atoms. The van der Waals surface area contributed by atoms with Crippen LogP contribution in [0.2, 0.25) is 0 Å². The molecule has 1 nitrogen and oxygen atoms in total. The van der Waals surface area contributed by atoms with Gasteiger partial charge in [0.1, 0.15) is 0 Å². The van der Waals surface area contributed by atoms with E-state index in [0.29, 0.717) is 17.8 Å². The Morgan fingerprint density at radius 3 is 3.06 bits per heavy atom. The number of hydrogen-bond acceptors (Lipinski definition) is 2. The van der Waals surface area contributed by atoms with Gasteiger partial charge in [-0.3, -0.25) is 0 Å². The molecule has 88 valence electrons. The quantitative estimate of drug-likeness (QED) is 0.866. The number of aliphatic hydroxyl groups is 1. The molecule has 0 saturated carbocycles. The van der Waals surface area contributed by atoms with Crippen LogP contribution >= 0.6 is 11.8 Å². The maximum absolute atomic E-state index is 9.04. The number of fused-ring (bicyclic) bond motifs is 1. The standard InChI is InChI=1S/C14H20OS/c1-11(9-15)16-10-13-7-4-6-12-5-2-3-8-14(12)13/h2-3,5,8,11,13,15H,4,6-7,9-10H2,1H3. The molecule has 1 aromatic carbocycles. The van der Waals surface area contributed by atoms with E-state index in [0.717, 1.165) is 5.75 Å². The third-order valence-corrected chi connectivity index (χ3v) is 4.65. The van der Waals surface area contributed by atoms with Crippen LogP contribution in [-0.2, 0) is 6.42 Å². The van der Waals surface area contributed by atoms with Crippen LogP contribution in [0.1, 0.15) is 36.8 Å². The largest absolute Gasteiger partial charge is 0.395 e. The highest BCUT2D eigenvalue weighted by atomic mass is 32.2. The molecular formula is C14H20OS. The van der Waals surface area contributed by atoms with Crippen LogP contribution < -0.4 is 0 Å².